The molecule has 0 fully saturated rings. The van der Waals surface area contributed by atoms with Crippen LogP contribution in [0.4, 0.5) is 0 Å². The quantitative estimate of drug-likeness (QED) is 0.738. The number of hydrogen-bond donors (Lipinski definition) is 2. The topological polar surface area (TPSA) is 91.0 Å². The fraction of sp³-hybridized carbons (Fsp3) is 0.688. The molecule has 4 aliphatic rings. The number of aliphatic hydroxyl groups is 1. The molecule has 2 unspecified atom stereocenters. The molecule has 26 heavy (non-hydrogen) atoms. The van der Waals surface area contributed by atoms with Crippen LogP contribution in [0.1, 0.15) is 27.2 Å². The van der Waals surface area contributed by atoms with E-state index in [1.807, 2.05) is 19.9 Å². The van der Waals surface area contributed by atoms with Crippen molar-refractivity contribution in [1.29, 1.82) is 0 Å². The van der Waals surface area contributed by atoms with Crippen LogP contribution in [0.5, 0.6) is 0 Å². The van der Waals surface area contributed by atoms with Crippen LogP contribution in [0.25, 0.3) is 0 Å². The van der Waals surface area contributed by atoms with Crippen LogP contribution in [0, 0.1) is 5.92 Å². The summed E-state index contributed by atoms with van der Waals surface area (Å²) in [4.78, 5) is 4.47. The van der Waals surface area contributed by atoms with Gasteiger partial charge in [-0.25, -0.2) is 10.0 Å². The standard InChI is InChI=1S/C16H22ClN5O3S/c1-4-5-26-15-18-13(17)10-14(19-15)22(21-20-10)9-6-8(7-23)11-12(9)25-16(2,3)24-11/h6,8,10,14-15,19,23H,4-5,7H2,1-3H3/t8-,10?,14+,15?/m0/s1. The average molecular weight is 400 g/mol. The van der Waals surface area contributed by atoms with E-state index in [1.165, 1.54) is 0 Å². The Morgan fingerprint density at radius 1 is 1.42 bits per heavy atom. The van der Waals surface area contributed by atoms with Crippen LogP contribution in [0.3, 0.4) is 0 Å². The van der Waals surface area contributed by atoms with E-state index in [9.17, 15) is 5.11 Å². The Kier molecular flexibility index (Phi) is 4.66. The molecule has 0 saturated heterocycles. The molecule has 8 nitrogen and oxygen atoms in total. The van der Waals surface area contributed by atoms with E-state index in [0.717, 1.165) is 17.9 Å². The minimum absolute atomic E-state index is 0.0640. The van der Waals surface area contributed by atoms with Crippen molar-refractivity contribution in [2.24, 2.45) is 21.2 Å². The van der Waals surface area contributed by atoms with Gasteiger partial charge in [0.1, 0.15) is 22.5 Å². The molecule has 4 rings (SSSR count). The minimum atomic E-state index is -0.771. The van der Waals surface area contributed by atoms with Gasteiger partial charge in [0.15, 0.2) is 17.6 Å². The third-order valence-electron chi connectivity index (χ3n) is 4.41. The zero-order chi connectivity index (χ0) is 18.5. The molecule has 2 N–H and O–H groups in total. The number of halogens is 1. The highest BCUT2D eigenvalue weighted by atomic mass is 35.5. The number of ether oxygens (including phenoxy) is 2. The summed E-state index contributed by atoms with van der Waals surface area (Å²) in [5.41, 5.74) is 0.593. The lowest BCUT2D eigenvalue weighted by Crippen LogP contribution is -2.54. The molecule has 0 amide bonds. The second-order valence-corrected chi connectivity index (χ2v) is 8.49. The summed E-state index contributed by atoms with van der Waals surface area (Å²) < 4.78 is 11.8. The third-order valence-corrected chi connectivity index (χ3v) is 5.93. The number of nitrogens with zero attached hydrogens (tertiary/aromatic N) is 4. The average Bonchev–Trinajstić information content (AvgIpc) is 3.23. The molecule has 3 heterocycles. The lowest BCUT2D eigenvalue weighted by atomic mass is 10.1. The lowest BCUT2D eigenvalue weighted by Gasteiger charge is -2.33. The summed E-state index contributed by atoms with van der Waals surface area (Å²) in [6.45, 7) is 5.74. The molecule has 0 radical (unpaired) electrons. The molecule has 4 atom stereocenters. The molecule has 0 aromatic carbocycles. The second kappa shape index (κ2) is 6.70. The predicted octanol–water partition coefficient (Wildman–Crippen LogP) is 2.53. The van der Waals surface area contributed by atoms with Crippen LogP contribution in [0.2, 0.25) is 0 Å². The van der Waals surface area contributed by atoms with Crippen LogP contribution >= 0.6 is 23.4 Å². The molecule has 1 aliphatic carbocycles. The van der Waals surface area contributed by atoms with E-state index in [0.29, 0.717) is 16.7 Å². The van der Waals surface area contributed by atoms with Gasteiger partial charge in [0.05, 0.1) is 12.5 Å². The monoisotopic (exact) mass is 399 g/mol. The highest BCUT2D eigenvalue weighted by Gasteiger charge is 2.49. The van der Waals surface area contributed by atoms with Gasteiger partial charge < -0.3 is 14.6 Å². The van der Waals surface area contributed by atoms with Crippen molar-refractivity contribution in [3.05, 3.63) is 23.3 Å². The van der Waals surface area contributed by atoms with E-state index in [4.69, 9.17) is 21.1 Å². The Bertz CT molecular complexity index is 723. The maximum atomic E-state index is 9.71. The number of aliphatic imine (C=N–C) groups is 1. The number of hydrogen-bond acceptors (Lipinski definition) is 9. The van der Waals surface area contributed by atoms with Gasteiger partial charge in [0, 0.05) is 13.8 Å². The summed E-state index contributed by atoms with van der Waals surface area (Å²) >= 11 is 8.06. The maximum absolute atomic E-state index is 9.71. The number of fused-ring (bicyclic) bond motifs is 1. The first-order valence-electron chi connectivity index (χ1n) is 8.69. The molecular formula is C16H22ClN5O3S. The molecule has 0 saturated carbocycles. The Balaban J connectivity index is 1.59. The van der Waals surface area contributed by atoms with E-state index in [1.54, 1.807) is 16.8 Å². The largest absolute Gasteiger partial charge is 0.453 e. The SMILES string of the molecule is CCCSC1N=C(Cl)C2N=NN(C3=C[C@@H](CO)C4=C3OC(C)(C)O4)[C@H]2N1. The van der Waals surface area contributed by atoms with Gasteiger partial charge in [-0.2, -0.15) is 5.11 Å². The van der Waals surface area contributed by atoms with Crippen molar-refractivity contribution in [3.63, 3.8) is 0 Å². The van der Waals surface area contributed by atoms with Crippen LogP contribution in [0.15, 0.2) is 38.6 Å². The van der Waals surface area contributed by atoms with Gasteiger partial charge >= 0.3 is 0 Å². The maximum Gasteiger partial charge on any atom is 0.245 e. The molecule has 10 heteroatoms. The molecule has 0 aromatic heterocycles. The van der Waals surface area contributed by atoms with Crippen molar-refractivity contribution in [2.75, 3.05) is 12.4 Å². The van der Waals surface area contributed by atoms with E-state index >= 15 is 0 Å². The van der Waals surface area contributed by atoms with Gasteiger partial charge in [-0.3, -0.25) is 5.32 Å². The first-order valence-corrected chi connectivity index (χ1v) is 10.1. The number of rotatable bonds is 5. The number of thioether (sulfide) groups is 1. The second-order valence-electron chi connectivity index (χ2n) is 6.92. The summed E-state index contributed by atoms with van der Waals surface area (Å²) in [7, 11) is 0. The van der Waals surface area contributed by atoms with Crippen LogP contribution < -0.4 is 5.32 Å². The van der Waals surface area contributed by atoms with E-state index < -0.39 is 5.79 Å². The molecule has 0 aromatic rings. The van der Waals surface area contributed by atoms with Gasteiger partial charge in [-0.1, -0.05) is 23.7 Å². The zero-order valence-corrected chi connectivity index (χ0v) is 16.4. The molecule has 3 aliphatic heterocycles. The van der Waals surface area contributed by atoms with Crippen molar-refractivity contribution < 1.29 is 14.6 Å². The molecule has 0 bridgehead atoms. The zero-order valence-electron chi connectivity index (χ0n) is 14.8. The van der Waals surface area contributed by atoms with Crippen molar-refractivity contribution in [2.45, 2.75) is 50.7 Å². The van der Waals surface area contributed by atoms with E-state index in [2.05, 4.69) is 27.6 Å². The number of aliphatic hydroxyl groups excluding tert-OH is 1. The fourth-order valence-corrected chi connectivity index (χ4v) is 4.50. The molecular weight excluding hydrogens is 378 g/mol. The minimum Gasteiger partial charge on any atom is -0.453 e. The van der Waals surface area contributed by atoms with Crippen molar-refractivity contribution >= 4 is 28.5 Å². The Hall–Kier alpha value is -1.29. The summed E-state index contributed by atoms with van der Waals surface area (Å²) in [5, 5.41) is 23.9. The van der Waals surface area contributed by atoms with Gasteiger partial charge in [-0.15, -0.1) is 11.8 Å². The van der Waals surface area contributed by atoms with E-state index in [-0.39, 0.29) is 30.2 Å². The fourth-order valence-electron chi connectivity index (χ4n) is 3.30. The normalized spacial score (nSPS) is 34.3. The van der Waals surface area contributed by atoms with Gasteiger partial charge in [0.25, 0.3) is 0 Å². The van der Waals surface area contributed by atoms with Crippen LogP contribution in [-0.2, 0) is 9.47 Å². The molecule has 0 spiro atoms. The van der Waals surface area contributed by atoms with Crippen LogP contribution in [-0.4, -0.2) is 51.1 Å². The highest BCUT2D eigenvalue weighted by molar-refractivity contribution is 7.99. The smallest absolute Gasteiger partial charge is 0.245 e. The van der Waals surface area contributed by atoms with Crippen molar-refractivity contribution in [3.8, 4) is 0 Å². The van der Waals surface area contributed by atoms with Crippen molar-refractivity contribution in [1.82, 2.24) is 10.3 Å². The predicted molar refractivity (Wildman–Crippen MR) is 99.2 cm³/mol. The Labute approximate surface area is 161 Å². The Morgan fingerprint density at radius 3 is 2.96 bits per heavy atom. The van der Waals surface area contributed by atoms with Gasteiger partial charge in [0.2, 0.25) is 5.79 Å². The number of nitrogens with one attached hydrogen (secondary N) is 1. The lowest BCUT2D eigenvalue weighted by molar-refractivity contribution is -0.128. The first-order chi connectivity index (χ1) is 12.4. The summed E-state index contributed by atoms with van der Waals surface area (Å²) in [6, 6.07) is -0.358. The van der Waals surface area contributed by atoms with Gasteiger partial charge in [-0.05, 0) is 18.2 Å². The molecule has 142 valence electrons. The third kappa shape index (κ3) is 3.00. The first kappa shape index (κ1) is 18.1. The Morgan fingerprint density at radius 2 is 2.23 bits per heavy atom. The summed E-state index contributed by atoms with van der Waals surface area (Å²) in [5.74, 6) is 1.19. The highest BCUT2D eigenvalue weighted by Crippen LogP contribution is 2.46. The summed E-state index contributed by atoms with van der Waals surface area (Å²) in [6.07, 6.45) is 2.71.